The highest BCUT2D eigenvalue weighted by molar-refractivity contribution is 9.10. The van der Waals surface area contributed by atoms with Crippen molar-refractivity contribution in [2.75, 3.05) is 17.2 Å². The number of amides is 1. The molecule has 3 N–H and O–H groups in total. The smallest absolute Gasteiger partial charge is 0.260 e. The van der Waals surface area contributed by atoms with Crippen LogP contribution in [0.3, 0.4) is 0 Å². The Bertz CT molecular complexity index is 644. The highest BCUT2D eigenvalue weighted by Crippen LogP contribution is 2.25. The van der Waals surface area contributed by atoms with E-state index in [4.69, 9.17) is 5.73 Å². The molecule has 2 aromatic carbocycles. The van der Waals surface area contributed by atoms with Gasteiger partial charge in [0, 0.05) is 28.5 Å². The van der Waals surface area contributed by atoms with Gasteiger partial charge in [0.2, 0.25) is 0 Å². The summed E-state index contributed by atoms with van der Waals surface area (Å²) in [4.78, 5) is 14.2. The molecule has 0 aliphatic heterocycles. The van der Waals surface area contributed by atoms with Gasteiger partial charge in [-0.1, -0.05) is 22.0 Å². The third kappa shape index (κ3) is 2.93. The number of phenols is 1. The van der Waals surface area contributed by atoms with Gasteiger partial charge in [0.25, 0.3) is 5.91 Å². The molecule has 2 aromatic rings. The zero-order chi connectivity index (χ0) is 14.7. The maximum atomic E-state index is 12.6. The predicted octanol–water partition coefficient (Wildman–Crippen LogP) is 3.40. The van der Waals surface area contributed by atoms with E-state index in [0.717, 1.165) is 4.47 Å². The summed E-state index contributed by atoms with van der Waals surface area (Å²) >= 11 is 3.34. The molecule has 4 nitrogen and oxygen atoms in total. The first-order valence-electron chi connectivity index (χ1n) is 6.19. The van der Waals surface area contributed by atoms with Crippen molar-refractivity contribution in [2.24, 2.45) is 0 Å². The van der Waals surface area contributed by atoms with Crippen LogP contribution in [0, 0.1) is 0 Å². The van der Waals surface area contributed by atoms with Crippen LogP contribution in [-0.2, 0) is 0 Å². The molecule has 0 aliphatic carbocycles. The molecule has 0 unspecified atom stereocenters. The van der Waals surface area contributed by atoms with Gasteiger partial charge in [-0.2, -0.15) is 0 Å². The first-order chi connectivity index (χ1) is 9.52. The lowest BCUT2D eigenvalue weighted by Crippen LogP contribution is -2.31. The number of hydrogen-bond acceptors (Lipinski definition) is 3. The van der Waals surface area contributed by atoms with Gasteiger partial charge in [-0.3, -0.25) is 4.79 Å². The Labute approximate surface area is 126 Å². The number of phenolic OH excluding ortho intramolecular Hbond substituents is 1. The molecule has 0 bridgehead atoms. The zero-order valence-electron chi connectivity index (χ0n) is 11.0. The van der Waals surface area contributed by atoms with Crippen molar-refractivity contribution in [2.45, 2.75) is 6.92 Å². The molecular formula is C15H15BrN2O2. The van der Waals surface area contributed by atoms with Gasteiger partial charge in [-0.25, -0.2) is 0 Å². The van der Waals surface area contributed by atoms with Gasteiger partial charge in [-0.15, -0.1) is 0 Å². The van der Waals surface area contributed by atoms with E-state index in [9.17, 15) is 9.90 Å². The average Bonchev–Trinajstić information content (AvgIpc) is 2.42. The van der Waals surface area contributed by atoms with Crippen LogP contribution in [0.4, 0.5) is 11.4 Å². The number of nitrogens with zero attached hydrogens (tertiary/aromatic N) is 1. The van der Waals surface area contributed by atoms with E-state index < -0.39 is 0 Å². The second-order valence-corrected chi connectivity index (χ2v) is 5.22. The number of anilines is 2. The van der Waals surface area contributed by atoms with E-state index in [1.165, 1.54) is 0 Å². The Kier molecular flexibility index (Phi) is 4.29. The Morgan fingerprint density at radius 2 is 2.05 bits per heavy atom. The van der Waals surface area contributed by atoms with Crippen LogP contribution in [-0.4, -0.2) is 17.6 Å². The fraction of sp³-hybridized carbons (Fsp3) is 0.133. The largest absolute Gasteiger partial charge is 0.508 e. The monoisotopic (exact) mass is 334 g/mol. The summed E-state index contributed by atoms with van der Waals surface area (Å²) in [6, 6.07) is 11.8. The second-order valence-electron chi connectivity index (χ2n) is 4.30. The number of benzene rings is 2. The van der Waals surface area contributed by atoms with Gasteiger partial charge in [0.15, 0.2) is 0 Å². The normalized spacial score (nSPS) is 10.3. The van der Waals surface area contributed by atoms with Crippen LogP contribution in [0.5, 0.6) is 5.75 Å². The van der Waals surface area contributed by atoms with Gasteiger partial charge in [0.05, 0.1) is 5.56 Å². The number of carbonyl (C=O) groups excluding carboxylic acids is 1. The molecule has 104 valence electrons. The molecule has 0 heterocycles. The topological polar surface area (TPSA) is 66.6 Å². The van der Waals surface area contributed by atoms with E-state index in [1.807, 2.05) is 6.92 Å². The molecule has 5 heteroatoms. The number of carbonyl (C=O) groups is 1. The first-order valence-corrected chi connectivity index (χ1v) is 6.98. The van der Waals surface area contributed by atoms with E-state index in [1.54, 1.807) is 47.4 Å². The van der Waals surface area contributed by atoms with Crippen molar-refractivity contribution >= 4 is 33.2 Å². The lowest BCUT2D eigenvalue weighted by molar-refractivity contribution is 0.0989. The third-order valence-electron chi connectivity index (χ3n) is 2.95. The maximum absolute atomic E-state index is 12.6. The van der Waals surface area contributed by atoms with Crippen molar-refractivity contribution in [1.82, 2.24) is 0 Å². The first kappa shape index (κ1) is 14.4. The predicted molar refractivity (Wildman–Crippen MR) is 84.0 cm³/mol. The van der Waals surface area contributed by atoms with Crippen LogP contribution in [0.25, 0.3) is 0 Å². The summed E-state index contributed by atoms with van der Waals surface area (Å²) in [7, 11) is 0. The van der Waals surface area contributed by atoms with Crippen LogP contribution in [0.2, 0.25) is 0 Å². The molecule has 0 aliphatic rings. The van der Waals surface area contributed by atoms with Gasteiger partial charge < -0.3 is 15.7 Å². The molecule has 20 heavy (non-hydrogen) atoms. The number of nitrogen functional groups attached to an aromatic ring is 1. The molecule has 0 radical (unpaired) electrons. The lowest BCUT2D eigenvalue weighted by atomic mass is 10.1. The van der Waals surface area contributed by atoms with E-state index in [-0.39, 0.29) is 11.7 Å². The van der Waals surface area contributed by atoms with Crippen molar-refractivity contribution in [3.63, 3.8) is 0 Å². The van der Waals surface area contributed by atoms with E-state index in [2.05, 4.69) is 15.9 Å². The Morgan fingerprint density at radius 1 is 1.30 bits per heavy atom. The standard InChI is InChI=1S/C15H15BrN2O2/c1-2-18(11-4-3-5-12(19)9-11)15(20)13-8-10(16)6-7-14(13)17/h3-9,19H,2,17H2,1H3. The van der Waals surface area contributed by atoms with Crippen LogP contribution in [0.15, 0.2) is 46.9 Å². The maximum Gasteiger partial charge on any atom is 0.260 e. The summed E-state index contributed by atoms with van der Waals surface area (Å²) in [5.74, 6) is -0.0761. The molecule has 2 rings (SSSR count). The average molecular weight is 335 g/mol. The lowest BCUT2D eigenvalue weighted by Gasteiger charge is -2.22. The molecule has 0 atom stereocenters. The fourth-order valence-corrected chi connectivity index (χ4v) is 2.32. The highest BCUT2D eigenvalue weighted by atomic mass is 79.9. The van der Waals surface area contributed by atoms with Crippen molar-refractivity contribution in [3.8, 4) is 5.75 Å². The molecule has 1 amide bonds. The fourth-order valence-electron chi connectivity index (χ4n) is 1.96. The quantitative estimate of drug-likeness (QED) is 0.845. The van der Waals surface area contributed by atoms with Gasteiger partial charge >= 0.3 is 0 Å². The number of aromatic hydroxyl groups is 1. The molecular weight excluding hydrogens is 320 g/mol. The van der Waals surface area contributed by atoms with Gasteiger partial charge in [0.1, 0.15) is 5.75 Å². The summed E-state index contributed by atoms with van der Waals surface area (Å²) < 4.78 is 0.794. The van der Waals surface area contributed by atoms with E-state index in [0.29, 0.717) is 23.5 Å². The van der Waals surface area contributed by atoms with Crippen molar-refractivity contribution in [1.29, 1.82) is 0 Å². The molecule has 0 spiro atoms. The third-order valence-corrected chi connectivity index (χ3v) is 3.44. The van der Waals surface area contributed by atoms with Crippen molar-refractivity contribution in [3.05, 3.63) is 52.5 Å². The molecule has 0 aromatic heterocycles. The molecule has 0 fully saturated rings. The number of rotatable bonds is 3. The zero-order valence-corrected chi connectivity index (χ0v) is 12.6. The van der Waals surface area contributed by atoms with Crippen LogP contribution < -0.4 is 10.6 Å². The van der Waals surface area contributed by atoms with Gasteiger partial charge in [-0.05, 0) is 37.3 Å². The molecule has 0 saturated heterocycles. The minimum Gasteiger partial charge on any atom is -0.508 e. The summed E-state index contributed by atoms with van der Waals surface area (Å²) in [6.07, 6.45) is 0. The number of halogens is 1. The SMILES string of the molecule is CCN(C(=O)c1cc(Br)ccc1N)c1cccc(O)c1. The second kappa shape index (κ2) is 5.96. The van der Waals surface area contributed by atoms with Crippen molar-refractivity contribution < 1.29 is 9.90 Å². The van der Waals surface area contributed by atoms with Crippen LogP contribution >= 0.6 is 15.9 Å². The highest BCUT2D eigenvalue weighted by Gasteiger charge is 2.19. The Hall–Kier alpha value is -2.01. The summed E-state index contributed by atoms with van der Waals surface area (Å²) in [6.45, 7) is 2.35. The number of nitrogens with two attached hydrogens (primary N) is 1. The minimum absolute atomic E-state index is 0.121. The number of hydrogen-bond donors (Lipinski definition) is 2. The Morgan fingerprint density at radius 3 is 2.70 bits per heavy atom. The molecule has 0 saturated carbocycles. The summed E-state index contributed by atoms with van der Waals surface area (Å²) in [5, 5.41) is 9.54. The minimum atomic E-state index is -0.197. The van der Waals surface area contributed by atoms with Crippen LogP contribution in [0.1, 0.15) is 17.3 Å². The Balaban J connectivity index is 2.41. The van der Waals surface area contributed by atoms with E-state index >= 15 is 0 Å². The summed E-state index contributed by atoms with van der Waals surface area (Å²) in [5.41, 5.74) is 7.37.